The zero-order valence-corrected chi connectivity index (χ0v) is 10.6. The van der Waals surface area contributed by atoms with Crippen molar-refractivity contribution >= 4 is 34.5 Å². The van der Waals surface area contributed by atoms with Crippen LogP contribution in [0.5, 0.6) is 0 Å². The van der Waals surface area contributed by atoms with Gasteiger partial charge in [-0.25, -0.2) is 0 Å². The molecule has 4 nitrogen and oxygen atoms in total. The Morgan fingerprint density at radius 1 is 1.35 bits per heavy atom. The van der Waals surface area contributed by atoms with Crippen molar-refractivity contribution in [2.24, 2.45) is 5.73 Å². The lowest BCUT2D eigenvalue weighted by atomic mass is 10.1. The highest BCUT2D eigenvalue weighted by Crippen LogP contribution is 2.27. The molecule has 1 aliphatic heterocycles. The van der Waals surface area contributed by atoms with Gasteiger partial charge in [0, 0.05) is 29.4 Å². The fourth-order valence-electron chi connectivity index (χ4n) is 1.95. The molecular weight excluding hydrogens is 260 g/mol. The van der Waals surface area contributed by atoms with Gasteiger partial charge in [-0.05, 0) is 18.2 Å². The van der Waals surface area contributed by atoms with Crippen molar-refractivity contribution in [3.63, 3.8) is 0 Å². The van der Waals surface area contributed by atoms with Crippen molar-refractivity contribution in [3.05, 3.63) is 28.8 Å². The Morgan fingerprint density at radius 3 is 2.47 bits per heavy atom. The van der Waals surface area contributed by atoms with Gasteiger partial charge in [0.25, 0.3) is 0 Å². The summed E-state index contributed by atoms with van der Waals surface area (Å²) in [6.45, 7) is 0.719. The number of nitrogens with two attached hydrogens (primary N) is 1. The molecule has 0 saturated carbocycles. The molecular formula is C11H13ClN2O2S. The molecule has 92 valence electrons. The Kier molecular flexibility index (Phi) is 3.53. The summed E-state index contributed by atoms with van der Waals surface area (Å²) in [4.78, 5) is 2.10. The van der Waals surface area contributed by atoms with E-state index in [-0.39, 0.29) is 4.99 Å². The van der Waals surface area contributed by atoms with Crippen LogP contribution >= 0.6 is 23.8 Å². The second kappa shape index (κ2) is 4.78. The average molecular weight is 273 g/mol. The summed E-state index contributed by atoms with van der Waals surface area (Å²) < 4.78 is 0. The monoisotopic (exact) mass is 272 g/mol. The second-order valence-corrected chi connectivity index (χ2v) is 4.94. The maximum absolute atomic E-state index is 9.53. The van der Waals surface area contributed by atoms with E-state index in [0.717, 1.165) is 5.69 Å². The minimum atomic E-state index is -0.745. The number of halogens is 1. The van der Waals surface area contributed by atoms with Crippen molar-refractivity contribution < 1.29 is 10.2 Å². The zero-order valence-electron chi connectivity index (χ0n) is 9.01. The van der Waals surface area contributed by atoms with E-state index in [2.05, 4.69) is 0 Å². The van der Waals surface area contributed by atoms with Crippen molar-refractivity contribution in [3.8, 4) is 0 Å². The van der Waals surface area contributed by atoms with Crippen molar-refractivity contribution in [2.75, 3.05) is 18.0 Å². The first-order valence-electron chi connectivity index (χ1n) is 5.19. The lowest BCUT2D eigenvalue weighted by molar-refractivity contribution is 0.0572. The molecule has 0 bridgehead atoms. The normalized spacial score (nSPS) is 24.1. The molecule has 0 radical (unpaired) electrons. The summed E-state index contributed by atoms with van der Waals surface area (Å²) in [5.41, 5.74) is 7.09. The largest absolute Gasteiger partial charge is 0.389 e. The smallest absolute Gasteiger partial charge is 0.106 e. The van der Waals surface area contributed by atoms with Gasteiger partial charge in [-0.1, -0.05) is 23.8 Å². The number of β-amino-alcohol motifs (C(OH)–C–C–N with tert-alkyl or cyclic N) is 2. The van der Waals surface area contributed by atoms with Crippen LogP contribution in [0.2, 0.25) is 5.02 Å². The number of aliphatic hydroxyl groups is 2. The zero-order chi connectivity index (χ0) is 12.6. The SMILES string of the molecule is NC(=S)c1cc(Cl)ccc1N1CC(O)C(O)C1. The molecule has 17 heavy (non-hydrogen) atoms. The van der Waals surface area contributed by atoms with Crippen LogP contribution in [0.25, 0.3) is 0 Å². The van der Waals surface area contributed by atoms with Gasteiger partial charge < -0.3 is 20.8 Å². The molecule has 2 atom stereocenters. The van der Waals surface area contributed by atoms with E-state index in [1.807, 2.05) is 4.90 Å². The summed E-state index contributed by atoms with van der Waals surface area (Å²) in [5.74, 6) is 0. The van der Waals surface area contributed by atoms with Gasteiger partial charge in [-0.15, -0.1) is 0 Å². The molecule has 1 aliphatic rings. The molecule has 6 heteroatoms. The predicted molar refractivity (Wildman–Crippen MR) is 71.6 cm³/mol. The van der Waals surface area contributed by atoms with E-state index in [1.54, 1.807) is 18.2 Å². The highest BCUT2D eigenvalue weighted by Gasteiger charge is 2.30. The first-order valence-corrected chi connectivity index (χ1v) is 5.98. The molecule has 4 N–H and O–H groups in total. The summed E-state index contributed by atoms with van der Waals surface area (Å²) in [6.07, 6.45) is -1.49. The number of thiocarbonyl (C=S) groups is 1. The number of hydrogen-bond donors (Lipinski definition) is 3. The molecule has 1 aromatic rings. The number of nitrogens with zero attached hydrogens (tertiary/aromatic N) is 1. The van der Waals surface area contributed by atoms with Gasteiger partial charge in [0.15, 0.2) is 0 Å². The second-order valence-electron chi connectivity index (χ2n) is 4.07. The number of benzene rings is 1. The third kappa shape index (κ3) is 2.52. The topological polar surface area (TPSA) is 69.7 Å². The Labute approximate surface area is 110 Å². The van der Waals surface area contributed by atoms with E-state index in [0.29, 0.717) is 23.7 Å². The van der Waals surface area contributed by atoms with Crippen molar-refractivity contribution in [1.29, 1.82) is 0 Å². The average Bonchev–Trinajstić information content (AvgIpc) is 2.59. The third-order valence-corrected chi connectivity index (χ3v) is 3.28. The molecule has 2 unspecified atom stereocenters. The highest BCUT2D eigenvalue weighted by atomic mass is 35.5. The van der Waals surface area contributed by atoms with Crippen LogP contribution in [-0.4, -0.2) is 40.5 Å². The summed E-state index contributed by atoms with van der Waals surface area (Å²) in [7, 11) is 0. The van der Waals surface area contributed by atoms with E-state index < -0.39 is 12.2 Å². The van der Waals surface area contributed by atoms with Gasteiger partial charge >= 0.3 is 0 Å². The maximum atomic E-state index is 9.53. The number of aliphatic hydroxyl groups excluding tert-OH is 2. The number of anilines is 1. The molecule has 2 rings (SSSR count). The molecule has 0 aromatic heterocycles. The lowest BCUT2D eigenvalue weighted by Crippen LogP contribution is -2.24. The molecule has 0 aliphatic carbocycles. The van der Waals surface area contributed by atoms with Crippen LogP contribution in [-0.2, 0) is 0 Å². The third-order valence-electron chi connectivity index (χ3n) is 2.82. The van der Waals surface area contributed by atoms with E-state index in [9.17, 15) is 10.2 Å². The van der Waals surface area contributed by atoms with Gasteiger partial charge in [0.05, 0.1) is 12.2 Å². The summed E-state index contributed by atoms with van der Waals surface area (Å²) >= 11 is 10.9. The molecule has 1 aromatic carbocycles. The van der Waals surface area contributed by atoms with Crippen molar-refractivity contribution in [1.82, 2.24) is 0 Å². The van der Waals surface area contributed by atoms with E-state index >= 15 is 0 Å². The maximum Gasteiger partial charge on any atom is 0.106 e. The molecule has 0 amide bonds. The van der Waals surface area contributed by atoms with Crippen LogP contribution in [0.3, 0.4) is 0 Å². The van der Waals surface area contributed by atoms with Crippen LogP contribution in [0.4, 0.5) is 5.69 Å². The van der Waals surface area contributed by atoms with Gasteiger partial charge in [0.1, 0.15) is 4.99 Å². The van der Waals surface area contributed by atoms with Gasteiger partial charge in [-0.2, -0.15) is 0 Å². The fraction of sp³-hybridized carbons (Fsp3) is 0.364. The standard InChI is InChI=1S/C11H13ClN2O2S/c12-6-1-2-8(7(3-6)11(13)17)14-4-9(15)10(16)5-14/h1-3,9-10,15-16H,4-5H2,(H2,13,17). The molecule has 1 saturated heterocycles. The van der Waals surface area contributed by atoms with Crippen LogP contribution in [0.15, 0.2) is 18.2 Å². The van der Waals surface area contributed by atoms with Gasteiger partial charge in [-0.3, -0.25) is 0 Å². The Hall–Kier alpha value is -0.880. The number of hydrogen-bond acceptors (Lipinski definition) is 4. The molecule has 0 spiro atoms. The summed E-state index contributed by atoms with van der Waals surface area (Å²) in [6, 6.07) is 5.22. The van der Waals surface area contributed by atoms with Crippen molar-refractivity contribution in [2.45, 2.75) is 12.2 Å². The highest BCUT2D eigenvalue weighted by molar-refractivity contribution is 7.80. The van der Waals surface area contributed by atoms with Crippen LogP contribution < -0.4 is 10.6 Å². The molecule has 1 fully saturated rings. The van der Waals surface area contributed by atoms with E-state index in [1.165, 1.54) is 0 Å². The Balaban J connectivity index is 2.36. The van der Waals surface area contributed by atoms with Crippen LogP contribution in [0, 0.1) is 0 Å². The lowest BCUT2D eigenvalue weighted by Gasteiger charge is -2.21. The summed E-state index contributed by atoms with van der Waals surface area (Å²) in [5, 5.41) is 19.6. The molecule has 1 heterocycles. The fourth-order valence-corrected chi connectivity index (χ4v) is 2.28. The Morgan fingerprint density at radius 2 is 1.94 bits per heavy atom. The first-order chi connectivity index (χ1) is 7.99. The quantitative estimate of drug-likeness (QED) is 0.685. The van der Waals surface area contributed by atoms with E-state index in [4.69, 9.17) is 29.6 Å². The Bertz CT molecular complexity index is 445. The minimum absolute atomic E-state index is 0.248. The predicted octanol–water partition coefficient (Wildman–Crippen LogP) is 0.516. The minimum Gasteiger partial charge on any atom is -0.389 e. The van der Waals surface area contributed by atoms with Crippen LogP contribution in [0.1, 0.15) is 5.56 Å². The number of rotatable bonds is 2. The van der Waals surface area contributed by atoms with Gasteiger partial charge in [0.2, 0.25) is 0 Å². The first kappa shape index (κ1) is 12.6.